The Morgan fingerprint density at radius 3 is 1.37 bits per heavy atom. The van der Waals surface area contributed by atoms with Crippen molar-refractivity contribution in [2.75, 3.05) is 9.80 Å². The van der Waals surface area contributed by atoms with Crippen LogP contribution in [0.1, 0.15) is 0 Å². The number of rotatable bonds is 7. The summed E-state index contributed by atoms with van der Waals surface area (Å²) < 4.78 is 13.1. The van der Waals surface area contributed by atoms with Crippen molar-refractivity contribution in [1.82, 2.24) is 0 Å². The summed E-state index contributed by atoms with van der Waals surface area (Å²) in [6, 6.07) is 67.8. The number of benzene rings is 8. The fraction of sp³-hybridized carbons (Fsp3) is 0. The Morgan fingerprint density at radius 2 is 0.731 bits per heavy atom. The predicted molar refractivity (Wildman–Crippen MR) is 216 cm³/mol. The molecule has 8 aromatic carbocycles. The lowest BCUT2D eigenvalue weighted by Crippen LogP contribution is -2.11. The van der Waals surface area contributed by atoms with Crippen molar-refractivity contribution >= 4 is 78.0 Å². The lowest BCUT2D eigenvalue weighted by molar-refractivity contribution is 0.669. The third-order valence-electron chi connectivity index (χ3n) is 9.84. The van der Waals surface area contributed by atoms with E-state index in [1.807, 2.05) is 12.1 Å². The second-order valence-corrected chi connectivity index (χ2v) is 12.9. The topological polar surface area (TPSA) is 32.8 Å². The van der Waals surface area contributed by atoms with Gasteiger partial charge >= 0.3 is 0 Å². The maximum atomic E-state index is 6.69. The van der Waals surface area contributed by atoms with Gasteiger partial charge in [0.05, 0.1) is 22.1 Å². The first-order valence-electron chi connectivity index (χ1n) is 17.5. The molecule has 0 bridgehead atoms. The number of fused-ring (bicyclic) bond motifs is 6. The van der Waals surface area contributed by atoms with Crippen molar-refractivity contribution in [3.63, 3.8) is 0 Å². The molecular weight excluding hydrogens is 637 g/mol. The van der Waals surface area contributed by atoms with E-state index in [2.05, 4.69) is 192 Å². The highest BCUT2D eigenvalue weighted by Gasteiger charge is 2.24. The first kappa shape index (κ1) is 29.8. The quantitative estimate of drug-likeness (QED) is 0.169. The first-order chi connectivity index (χ1) is 25.8. The number of furan rings is 2. The molecular formula is C48H32N2O2. The monoisotopic (exact) mass is 668 g/mol. The van der Waals surface area contributed by atoms with Gasteiger partial charge in [-0.05, 0) is 90.0 Å². The molecule has 0 radical (unpaired) electrons. The van der Waals surface area contributed by atoms with Crippen molar-refractivity contribution < 1.29 is 8.83 Å². The van der Waals surface area contributed by atoms with Crippen LogP contribution in [0.2, 0.25) is 0 Å². The van der Waals surface area contributed by atoms with E-state index >= 15 is 0 Å². The molecule has 0 atom stereocenters. The van der Waals surface area contributed by atoms with E-state index in [4.69, 9.17) is 8.83 Å². The highest BCUT2D eigenvalue weighted by atomic mass is 16.3. The number of para-hydroxylation sites is 3. The molecule has 0 aliphatic heterocycles. The van der Waals surface area contributed by atoms with E-state index in [1.54, 1.807) is 0 Å². The summed E-state index contributed by atoms with van der Waals surface area (Å²) in [6.45, 7) is 0. The fourth-order valence-corrected chi connectivity index (χ4v) is 7.50. The van der Waals surface area contributed by atoms with Crippen LogP contribution < -0.4 is 9.80 Å². The summed E-state index contributed by atoms with van der Waals surface area (Å²) in [5, 5.41) is 4.28. The highest BCUT2D eigenvalue weighted by molar-refractivity contribution is 6.19. The first-order valence-corrected chi connectivity index (χ1v) is 17.5. The van der Waals surface area contributed by atoms with Gasteiger partial charge in [-0.1, -0.05) is 109 Å². The summed E-state index contributed by atoms with van der Waals surface area (Å²) in [4.78, 5) is 4.64. The molecule has 2 heterocycles. The van der Waals surface area contributed by atoms with Crippen LogP contribution in [-0.4, -0.2) is 0 Å². The molecule has 0 spiro atoms. The summed E-state index contributed by atoms with van der Waals surface area (Å²) in [7, 11) is 0. The third kappa shape index (κ3) is 5.00. The van der Waals surface area contributed by atoms with Crippen LogP contribution in [-0.2, 0) is 0 Å². The van der Waals surface area contributed by atoms with Crippen LogP contribution in [0.4, 0.5) is 34.1 Å². The third-order valence-corrected chi connectivity index (χ3v) is 9.84. The van der Waals surface area contributed by atoms with Crippen LogP contribution in [0.25, 0.3) is 55.0 Å². The van der Waals surface area contributed by atoms with Gasteiger partial charge < -0.3 is 18.6 Å². The largest absolute Gasteiger partial charge is 0.456 e. The molecule has 0 aliphatic rings. The Labute approximate surface area is 301 Å². The van der Waals surface area contributed by atoms with Crippen LogP contribution in [0.3, 0.4) is 0 Å². The predicted octanol–water partition coefficient (Wildman–Crippen LogP) is 14.1. The molecule has 0 N–H and O–H groups in total. The average Bonchev–Trinajstić information content (AvgIpc) is 3.79. The van der Waals surface area contributed by atoms with E-state index in [9.17, 15) is 0 Å². The highest BCUT2D eigenvalue weighted by Crippen LogP contribution is 2.48. The van der Waals surface area contributed by atoms with Gasteiger partial charge in [0.2, 0.25) is 0 Å². The van der Waals surface area contributed by atoms with Crippen molar-refractivity contribution in [3.8, 4) is 11.1 Å². The SMILES string of the molecule is c1ccc(-c2ccc(N(c3ccccc3)c3cccc4oc5cccc(N(c6ccccc6)c6ccc7c(c6)oc6ccccc67)c5c34)cc2)cc1. The van der Waals surface area contributed by atoms with Crippen LogP contribution in [0.15, 0.2) is 203 Å². The maximum absolute atomic E-state index is 6.69. The minimum Gasteiger partial charge on any atom is -0.456 e. The lowest BCUT2D eigenvalue weighted by Gasteiger charge is -2.28. The van der Waals surface area contributed by atoms with Crippen molar-refractivity contribution in [1.29, 1.82) is 0 Å². The minimum absolute atomic E-state index is 0.818. The van der Waals surface area contributed by atoms with Crippen LogP contribution in [0.5, 0.6) is 0 Å². The minimum atomic E-state index is 0.818. The number of hydrogen-bond acceptors (Lipinski definition) is 4. The Morgan fingerprint density at radius 1 is 0.288 bits per heavy atom. The number of nitrogens with zero attached hydrogens (tertiary/aromatic N) is 2. The molecule has 52 heavy (non-hydrogen) atoms. The molecule has 10 aromatic rings. The molecule has 2 aromatic heterocycles. The normalized spacial score (nSPS) is 11.5. The average molecular weight is 669 g/mol. The summed E-state index contributed by atoms with van der Waals surface area (Å²) in [5.74, 6) is 0. The molecule has 0 unspecified atom stereocenters. The Hall–Kier alpha value is -7.04. The molecule has 10 rings (SSSR count). The second-order valence-electron chi connectivity index (χ2n) is 12.9. The van der Waals surface area contributed by atoms with Gasteiger partial charge in [-0.2, -0.15) is 0 Å². The molecule has 0 aliphatic carbocycles. The van der Waals surface area contributed by atoms with E-state index in [1.165, 1.54) is 11.1 Å². The molecule has 4 nitrogen and oxygen atoms in total. The van der Waals surface area contributed by atoms with E-state index in [-0.39, 0.29) is 0 Å². The Kier molecular flexibility index (Phi) is 7.10. The van der Waals surface area contributed by atoms with E-state index in [0.717, 1.165) is 78.0 Å². The van der Waals surface area contributed by atoms with E-state index < -0.39 is 0 Å². The summed E-state index contributed by atoms with van der Waals surface area (Å²) in [5.41, 5.74) is 11.9. The van der Waals surface area contributed by atoms with Gasteiger partial charge in [0.25, 0.3) is 0 Å². The number of anilines is 6. The number of hydrogen-bond donors (Lipinski definition) is 0. The molecule has 0 amide bonds. The molecule has 246 valence electrons. The Bertz CT molecular complexity index is 2840. The van der Waals surface area contributed by atoms with Crippen LogP contribution >= 0.6 is 0 Å². The standard InChI is InChI=1S/C48H32N2O2/c1-4-14-33(15-5-1)34-26-28-37(29-27-34)49(35-16-6-2-7-17-35)41-21-12-24-44-47(41)48-42(22-13-25-45(48)52-44)50(36-18-8-3-9-19-36)38-30-31-40-39-20-10-11-23-43(39)51-46(40)32-38/h1-32H. The van der Waals surface area contributed by atoms with Crippen LogP contribution in [0, 0.1) is 0 Å². The smallest absolute Gasteiger partial charge is 0.137 e. The van der Waals surface area contributed by atoms with Crippen molar-refractivity contribution in [3.05, 3.63) is 194 Å². The fourth-order valence-electron chi connectivity index (χ4n) is 7.50. The van der Waals surface area contributed by atoms with Gasteiger partial charge in [0.1, 0.15) is 22.3 Å². The van der Waals surface area contributed by atoms with E-state index in [0.29, 0.717) is 0 Å². The molecule has 0 fully saturated rings. The molecule has 0 saturated heterocycles. The van der Waals surface area contributed by atoms with Gasteiger partial charge in [-0.25, -0.2) is 0 Å². The second kappa shape index (κ2) is 12.4. The Balaban J connectivity index is 1.21. The molecule has 4 heteroatoms. The summed E-state index contributed by atoms with van der Waals surface area (Å²) >= 11 is 0. The van der Waals surface area contributed by atoms with Gasteiger partial charge in [-0.15, -0.1) is 0 Å². The maximum Gasteiger partial charge on any atom is 0.137 e. The lowest BCUT2D eigenvalue weighted by atomic mass is 10.0. The van der Waals surface area contributed by atoms with Gasteiger partial charge in [0.15, 0.2) is 0 Å². The summed E-state index contributed by atoms with van der Waals surface area (Å²) in [6.07, 6.45) is 0. The van der Waals surface area contributed by atoms with Crippen molar-refractivity contribution in [2.24, 2.45) is 0 Å². The zero-order valence-corrected chi connectivity index (χ0v) is 28.2. The van der Waals surface area contributed by atoms with Gasteiger partial charge in [-0.3, -0.25) is 0 Å². The zero-order chi connectivity index (χ0) is 34.4. The zero-order valence-electron chi connectivity index (χ0n) is 28.2. The van der Waals surface area contributed by atoms with Gasteiger partial charge in [0, 0.05) is 39.6 Å². The molecule has 0 saturated carbocycles. The van der Waals surface area contributed by atoms with Crippen molar-refractivity contribution in [2.45, 2.75) is 0 Å².